The molecule has 0 aliphatic carbocycles. The highest BCUT2D eigenvalue weighted by atomic mass is 32.3. The van der Waals surface area contributed by atoms with Gasteiger partial charge in [0.15, 0.2) is 0 Å². The molecular weight excluding hydrogens is 335 g/mol. The van der Waals surface area contributed by atoms with Crippen LogP contribution in [0.4, 0.5) is 9.57 Å². The van der Waals surface area contributed by atoms with Gasteiger partial charge < -0.3 is 4.74 Å². The van der Waals surface area contributed by atoms with Crippen LogP contribution in [0.1, 0.15) is 0 Å². The van der Waals surface area contributed by atoms with E-state index in [4.69, 9.17) is 4.74 Å². The van der Waals surface area contributed by atoms with Crippen LogP contribution in [0.25, 0.3) is 0 Å². The first-order chi connectivity index (χ1) is 10.2. The van der Waals surface area contributed by atoms with E-state index in [0.717, 1.165) is 24.3 Å². The van der Waals surface area contributed by atoms with Crippen molar-refractivity contribution < 1.29 is 25.5 Å². The van der Waals surface area contributed by atoms with Gasteiger partial charge in [0.1, 0.15) is 0 Å². The summed E-state index contributed by atoms with van der Waals surface area (Å²) in [7, 11) is -7.39. The molecule has 0 fully saturated rings. The number of hydrogen-bond acceptors (Lipinski definition) is 6. The monoisotopic (exact) mass is 346 g/mol. The lowest BCUT2D eigenvalue weighted by Crippen LogP contribution is -2.13. The molecule has 2 rings (SSSR count). The summed E-state index contributed by atoms with van der Waals surface area (Å²) in [6.45, 7) is 0. The third kappa shape index (κ3) is 3.71. The molecule has 1 N–H and O–H groups in total. The number of hydrogen-bond donors (Lipinski definition) is 1. The molecule has 0 bridgehead atoms. The summed E-state index contributed by atoms with van der Waals surface area (Å²) in [5.41, 5.74) is 0.197. The number of pyridine rings is 1. The van der Waals surface area contributed by atoms with E-state index in [2.05, 4.69) is 9.71 Å². The van der Waals surface area contributed by atoms with Gasteiger partial charge in [-0.1, -0.05) is 0 Å². The van der Waals surface area contributed by atoms with Crippen LogP contribution in [0.5, 0.6) is 5.88 Å². The van der Waals surface area contributed by atoms with Gasteiger partial charge in [0.05, 0.1) is 28.8 Å². The Bertz CT molecular complexity index is 863. The van der Waals surface area contributed by atoms with E-state index in [1.54, 1.807) is 0 Å². The minimum Gasteiger partial charge on any atom is -0.481 e. The molecule has 1 aromatic carbocycles. The first kappa shape index (κ1) is 16.2. The lowest BCUT2D eigenvalue weighted by Gasteiger charge is -2.08. The third-order valence-corrected chi connectivity index (χ3v) is 4.85. The van der Waals surface area contributed by atoms with Crippen LogP contribution in [0, 0.1) is 0 Å². The minimum absolute atomic E-state index is 0.197. The molecule has 0 saturated heterocycles. The van der Waals surface area contributed by atoms with E-state index >= 15 is 0 Å². The van der Waals surface area contributed by atoms with E-state index in [-0.39, 0.29) is 10.6 Å². The Morgan fingerprint density at radius 3 is 2.05 bits per heavy atom. The van der Waals surface area contributed by atoms with E-state index in [9.17, 15) is 20.7 Å². The zero-order valence-corrected chi connectivity index (χ0v) is 12.9. The summed E-state index contributed by atoms with van der Waals surface area (Å²) < 4.78 is 65.5. The van der Waals surface area contributed by atoms with Crippen molar-refractivity contribution in [3.8, 4) is 5.88 Å². The van der Waals surface area contributed by atoms with Crippen LogP contribution in [0.3, 0.4) is 0 Å². The predicted octanol–water partition coefficient (Wildman–Crippen LogP) is 1.55. The summed E-state index contributed by atoms with van der Waals surface area (Å²) >= 11 is 0. The van der Waals surface area contributed by atoms with Crippen LogP contribution in [0.2, 0.25) is 0 Å². The fourth-order valence-electron chi connectivity index (χ4n) is 1.56. The van der Waals surface area contributed by atoms with E-state index in [1.165, 1.54) is 25.4 Å². The van der Waals surface area contributed by atoms with E-state index in [1.807, 2.05) is 0 Å². The lowest BCUT2D eigenvalue weighted by molar-refractivity contribution is 0.398. The van der Waals surface area contributed by atoms with E-state index < -0.39 is 25.1 Å². The second kappa shape index (κ2) is 5.89. The van der Waals surface area contributed by atoms with Gasteiger partial charge in [-0.2, -0.15) is 8.42 Å². The number of ether oxygens (including phenoxy) is 1. The molecule has 0 amide bonds. The smallest absolute Gasteiger partial charge is 0.332 e. The maximum Gasteiger partial charge on any atom is 0.332 e. The van der Waals surface area contributed by atoms with Crippen molar-refractivity contribution in [2.45, 2.75) is 9.79 Å². The molecule has 0 spiro atoms. The van der Waals surface area contributed by atoms with Gasteiger partial charge >= 0.3 is 10.2 Å². The van der Waals surface area contributed by atoms with Crippen LogP contribution >= 0.6 is 0 Å². The Kier molecular flexibility index (Phi) is 4.33. The maximum absolute atomic E-state index is 12.8. The SMILES string of the molecule is COc1ccc(NS(=O)(=O)c2ccc(S(=O)(=O)F)cc2)cn1. The van der Waals surface area contributed by atoms with Crippen molar-refractivity contribution in [1.82, 2.24) is 4.98 Å². The first-order valence-electron chi connectivity index (χ1n) is 5.80. The highest BCUT2D eigenvalue weighted by molar-refractivity contribution is 7.92. The fourth-order valence-corrected chi connectivity index (χ4v) is 3.06. The number of sulfonamides is 1. The molecule has 118 valence electrons. The normalized spacial score (nSPS) is 11.9. The average molecular weight is 346 g/mol. The molecule has 0 atom stereocenters. The Hall–Kier alpha value is -2.20. The van der Waals surface area contributed by atoms with Gasteiger partial charge in [0, 0.05) is 6.07 Å². The summed E-state index contributed by atoms with van der Waals surface area (Å²) in [6, 6.07) is 6.64. The number of rotatable bonds is 5. The number of aromatic nitrogens is 1. The Morgan fingerprint density at radius 2 is 1.59 bits per heavy atom. The number of benzene rings is 1. The highest BCUT2D eigenvalue weighted by Gasteiger charge is 2.17. The van der Waals surface area contributed by atoms with Crippen molar-refractivity contribution in [2.75, 3.05) is 11.8 Å². The molecular formula is C12H11FN2O5S2. The van der Waals surface area contributed by atoms with Crippen LogP contribution in [0.15, 0.2) is 52.4 Å². The first-order valence-corrected chi connectivity index (χ1v) is 8.66. The number of anilines is 1. The molecule has 0 radical (unpaired) electrons. The molecule has 0 aliphatic rings. The second-order valence-corrected chi connectivity index (χ2v) is 7.13. The van der Waals surface area contributed by atoms with Crippen LogP contribution in [-0.2, 0) is 20.2 Å². The van der Waals surface area contributed by atoms with Crippen molar-refractivity contribution in [2.24, 2.45) is 0 Å². The fraction of sp³-hybridized carbons (Fsp3) is 0.0833. The lowest BCUT2D eigenvalue weighted by atomic mass is 10.4. The molecule has 1 aromatic heterocycles. The zero-order valence-electron chi connectivity index (χ0n) is 11.2. The summed E-state index contributed by atoms with van der Waals surface area (Å²) in [4.78, 5) is 3.02. The number of nitrogens with zero attached hydrogens (tertiary/aromatic N) is 1. The summed E-state index contributed by atoms with van der Waals surface area (Å²) in [6.07, 6.45) is 1.26. The van der Waals surface area contributed by atoms with Gasteiger partial charge in [-0.15, -0.1) is 3.89 Å². The molecule has 7 nitrogen and oxygen atoms in total. The highest BCUT2D eigenvalue weighted by Crippen LogP contribution is 2.19. The number of halogens is 1. The molecule has 22 heavy (non-hydrogen) atoms. The largest absolute Gasteiger partial charge is 0.481 e. The van der Waals surface area contributed by atoms with Crippen molar-refractivity contribution in [3.05, 3.63) is 42.6 Å². The van der Waals surface area contributed by atoms with Crippen LogP contribution < -0.4 is 9.46 Å². The summed E-state index contributed by atoms with van der Waals surface area (Å²) in [5.74, 6) is 0.320. The summed E-state index contributed by atoms with van der Waals surface area (Å²) in [5, 5.41) is 0. The molecule has 0 saturated carbocycles. The van der Waals surface area contributed by atoms with Crippen molar-refractivity contribution in [1.29, 1.82) is 0 Å². The Labute approximate surface area is 127 Å². The number of methoxy groups -OCH3 is 1. The maximum atomic E-state index is 12.8. The van der Waals surface area contributed by atoms with Crippen LogP contribution in [-0.4, -0.2) is 28.9 Å². The molecule has 0 aliphatic heterocycles. The third-order valence-electron chi connectivity index (χ3n) is 2.61. The number of nitrogens with one attached hydrogen (secondary N) is 1. The molecule has 0 unspecified atom stereocenters. The Balaban J connectivity index is 2.26. The van der Waals surface area contributed by atoms with Gasteiger partial charge in [-0.25, -0.2) is 13.4 Å². The zero-order chi connectivity index (χ0) is 16.4. The minimum atomic E-state index is -4.87. The molecule has 1 heterocycles. The van der Waals surface area contributed by atoms with Crippen molar-refractivity contribution in [3.63, 3.8) is 0 Å². The van der Waals surface area contributed by atoms with Gasteiger partial charge in [-0.3, -0.25) is 4.72 Å². The van der Waals surface area contributed by atoms with Crippen molar-refractivity contribution >= 4 is 25.9 Å². The molecule has 2 aromatic rings. The molecule has 10 heteroatoms. The van der Waals surface area contributed by atoms with Gasteiger partial charge in [0.2, 0.25) is 5.88 Å². The van der Waals surface area contributed by atoms with Gasteiger partial charge in [-0.05, 0) is 30.3 Å². The standard InChI is InChI=1S/C12H11FN2O5S2/c1-20-12-7-2-9(8-14-12)15-22(18,19)11-5-3-10(4-6-11)21(13,16)17/h2-8,15H,1H3. The quantitative estimate of drug-likeness (QED) is 0.824. The predicted molar refractivity (Wildman–Crippen MR) is 76.3 cm³/mol. The second-order valence-electron chi connectivity index (χ2n) is 4.10. The topological polar surface area (TPSA) is 102 Å². The van der Waals surface area contributed by atoms with Gasteiger partial charge in [0.25, 0.3) is 10.0 Å². The Morgan fingerprint density at radius 1 is 1.00 bits per heavy atom. The average Bonchev–Trinajstić information content (AvgIpc) is 2.47. The van der Waals surface area contributed by atoms with E-state index in [0.29, 0.717) is 5.88 Å².